The van der Waals surface area contributed by atoms with Crippen LogP contribution in [0.25, 0.3) is 0 Å². The maximum Gasteiger partial charge on any atom is 0.0292 e. The zero-order valence-corrected chi connectivity index (χ0v) is 14.7. The highest BCUT2D eigenvalue weighted by Gasteiger charge is 2.21. The Balaban J connectivity index is 1.94. The molecule has 0 spiro atoms. The van der Waals surface area contributed by atoms with Crippen LogP contribution >= 0.6 is 11.8 Å². The summed E-state index contributed by atoms with van der Waals surface area (Å²) in [6.45, 7) is 7.94. The summed E-state index contributed by atoms with van der Waals surface area (Å²) < 4.78 is 0. The van der Waals surface area contributed by atoms with Gasteiger partial charge in [0, 0.05) is 16.2 Å². The van der Waals surface area contributed by atoms with Crippen LogP contribution < -0.4 is 5.32 Å². The van der Waals surface area contributed by atoms with Crippen LogP contribution in [-0.4, -0.2) is 11.8 Å². The van der Waals surface area contributed by atoms with Gasteiger partial charge in [-0.2, -0.15) is 0 Å². The Morgan fingerprint density at radius 3 is 2.90 bits per heavy atom. The highest BCUT2D eigenvalue weighted by atomic mass is 32.2. The number of benzene rings is 1. The molecule has 2 rings (SSSR count). The molecule has 0 aromatic heterocycles. The summed E-state index contributed by atoms with van der Waals surface area (Å²) >= 11 is 2.11. The fourth-order valence-corrected chi connectivity index (χ4v) is 4.65. The summed E-state index contributed by atoms with van der Waals surface area (Å²) in [5.74, 6) is 0.963. The van der Waals surface area contributed by atoms with Gasteiger partial charge in [0.1, 0.15) is 0 Å². The predicted octanol–water partition coefficient (Wildman–Crippen LogP) is 5.81. The van der Waals surface area contributed by atoms with Gasteiger partial charge in [-0.25, -0.2) is 0 Å². The van der Waals surface area contributed by atoms with Crippen molar-refractivity contribution in [2.24, 2.45) is 5.92 Å². The first-order valence-corrected chi connectivity index (χ1v) is 9.60. The average Bonchev–Trinajstić information content (AvgIpc) is 2.53. The Morgan fingerprint density at radius 1 is 1.29 bits per heavy atom. The molecule has 1 aliphatic carbocycles. The monoisotopic (exact) mass is 305 g/mol. The highest BCUT2D eigenvalue weighted by molar-refractivity contribution is 8.00. The molecule has 0 bridgehead atoms. The van der Waals surface area contributed by atoms with Crippen LogP contribution in [0.2, 0.25) is 0 Å². The van der Waals surface area contributed by atoms with E-state index in [4.69, 9.17) is 0 Å². The Labute approximate surface area is 135 Å². The second-order valence-electron chi connectivity index (χ2n) is 6.43. The number of nitrogens with one attached hydrogen (secondary N) is 1. The van der Waals surface area contributed by atoms with E-state index in [-0.39, 0.29) is 0 Å². The zero-order chi connectivity index (χ0) is 15.1. The third-order valence-electron chi connectivity index (χ3n) is 4.67. The van der Waals surface area contributed by atoms with Crippen molar-refractivity contribution in [1.82, 2.24) is 5.32 Å². The molecule has 0 heterocycles. The fourth-order valence-electron chi connectivity index (χ4n) is 3.25. The van der Waals surface area contributed by atoms with E-state index in [0.29, 0.717) is 6.04 Å². The molecule has 1 aliphatic rings. The standard InChI is InChI=1S/C19H31NS/c1-4-12-20-15(3)17-9-7-11-19(14-17)21-18-10-6-8-16(5-2)13-18/h7,9,11,14-16,18,20H,4-6,8,10,12-13H2,1-3H3. The van der Waals surface area contributed by atoms with Crippen molar-refractivity contribution in [2.45, 2.75) is 75.5 Å². The van der Waals surface area contributed by atoms with E-state index in [2.05, 4.69) is 62.1 Å². The molecule has 21 heavy (non-hydrogen) atoms. The minimum Gasteiger partial charge on any atom is -0.310 e. The van der Waals surface area contributed by atoms with Gasteiger partial charge in [-0.3, -0.25) is 0 Å². The first kappa shape index (κ1) is 16.9. The minimum atomic E-state index is 0.459. The van der Waals surface area contributed by atoms with Crippen molar-refractivity contribution in [3.8, 4) is 0 Å². The minimum absolute atomic E-state index is 0.459. The molecule has 1 aromatic rings. The maximum atomic E-state index is 3.59. The third kappa shape index (κ3) is 5.34. The molecule has 1 aromatic carbocycles. The van der Waals surface area contributed by atoms with Crippen LogP contribution in [0.4, 0.5) is 0 Å². The van der Waals surface area contributed by atoms with Crippen molar-refractivity contribution in [1.29, 1.82) is 0 Å². The molecule has 1 N–H and O–H groups in total. The summed E-state index contributed by atoms with van der Waals surface area (Å²) in [5, 5.41) is 4.42. The topological polar surface area (TPSA) is 12.0 Å². The lowest BCUT2D eigenvalue weighted by Crippen LogP contribution is -2.19. The van der Waals surface area contributed by atoms with Crippen LogP contribution in [0.3, 0.4) is 0 Å². The summed E-state index contributed by atoms with van der Waals surface area (Å²) in [4.78, 5) is 1.46. The Kier molecular flexibility index (Phi) is 7.12. The van der Waals surface area contributed by atoms with E-state index in [1.165, 1.54) is 49.0 Å². The van der Waals surface area contributed by atoms with Gasteiger partial charge in [-0.05, 0) is 56.3 Å². The molecule has 1 fully saturated rings. The third-order valence-corrected chi connectivity index (χ3v) is 5.96. The normalized spacial score (nSPS) is 24.0. The highest BCUT2D eigenvalue weighted by Crippen LogP contribution is 2.37. The maximum absolute atomic E-state index is 3.59. The smallest absolute Gasteiger partial charge is 0.0292 e. The Bertz CT molecular complexity index is 418. The summed E-state index contributed by atoms with van der Waals surface area (Å²) in [6.07, 6.45) is 8.23. The number of hydrogen-bond acceptors (Lipinski definition) is 2. The molecule has 1 nitrogen and oxygen atoms in total. The number of hydrogen-bond donors (Lipinski definition) is 1. The molecule has 3 atom stereocenters. The van der Waals surface area contributed by atoms with E-state index in [9.17, 15) is 0 Å². The Morgan fingerprint density at radius 2 is 2.14 bits per heavy atom. The van der Waals surface area contributed by atoms with Gasteiger partial charge in [0.25, 0.3) is 0 Å². The Hall–Kier alpha value is -0.470. The number of thioether (sulfide) groups is 1. The number of rotatable bonds is 7. The van der Waals surface area contributed by atoms with Crippen molar-refractivity contribution in [3.63, 3.8) is 0 Å². The van der Waals surface area contributed by atoms with E-state index >= 15 is 0 Å². The molecule has 118 valence electrons. The molecule has 0 aliphatic heterocycles. The van der Waals surface area contributed by atoms with Gasteiger partial charge in [-0.15, -0.1) is 11.8 Å². The lowest BCUT2D eigenvalue weighted by Gasteiger charge is -2.28. The predicted molar refractivity (Wildman–Crippen MR) is 95.0 cm³/mol. The van der Waals surface area contributed by atoms with Crippen LogP contribution in [0.15, 0.2) is 29.2 Å². The van der Waals surface area contributed by atoms with Crippen molar-refractivity contribution < 1.29 is 0 Å². The second-order valence-corrected chi connectivity index (χ2v) is 7.80. The zero-order valence-electron chi connectivity index (χ0n) is 13.9. The van der Waals surface area contributed by atoms with Crippen LogP contribution in [-0.2, 0) is 0 Å². The average molecular weight is 306 g/mol. The van der Waals surface area contributed by atoms with Crippen LogP contribution in [0, 0.1) is 5.92 Å². The fraction of sp³-hybridized carbons (Fsp3) is 0.684. The first-order valence-electron chi connectivity index (χ1n) is 8.72. The van der Waals surface area contributed by atoms with Crippen LogP contribution in [0.1, 0.15) is 70.9 Å². The van der Waals surface area contributed by atoms with E-state index in [0.717, 1.165) is 17.7 Å². The van der Waals surface area contributed by atoms with Crippen molar-refractivity contribution in [3.05, 3.63) is 29.8 Å². The van der Waals surface area contributed by atoms with Crippen molar-refractivity contribution >= 4 is 11.8 Å². The molecular weight excluding hydrogens is 274 g/mol. The van der Waals surface area contributed by atoms with Crippen molar-refractivity contribution in [2.75, 3.05) is 6.54 Å². The lowest BCUT2D eigenvalue weighted by molar-refractivity contribution is 0.357. The van der Waals surface area contributed by atoms with Gasteiger partial charge < -0.3 is 5.32 Å². The second kappa shape index (κ2) is 8.85. The molecule has 1 saturated carbocycles. The van der Waals surface area contributed by atoms with Gasteiger partial charge in [0.2, 0.25) is 0 Å². The van der Waals surface area contributed by atoms with Gasteiger partial charge >= 0.3 is 0 Å². The van der Waals surface area contributed by atoms with Crippen LogP contribution in [0.5, 0.6) is 0 Å². The van der Waals surface area contributed by atoms with E-state index in [1.807, 2.05) is 0 Å². The molecule has 3 unspecified atom stereocenters. The molecule has 2 heteroatoms. The molecule has 0 radical (unpaired) electrons. The summed E-state index contributed by atoms with van der Waals surface area (Å²) in [7, 11) is 0. The molecular formula is C19H31NS. The summed E-state index contributed by atoms with van der Waals surface area (Å²) in [5.41, 5.74) is 1.43. The largest absolute Gasteiger partial charge is 0.310 e. The van der Waals surface area contributed by atoms with Gasteiger partial charge in [0.15, 0.2) is 0 Å². The lowest BCUT2D eigenvalue weighted by atomic mass is 9.87. The van der Waals surface area contributed by atoms with E-state index in [1.54, 1.807) is 0 Å². The molecule has 0 saturated heterocycles. The SMILES string of the molecule is CCCNC(C)c1cccc(SC2CCCC(CC)C2)c1. The summed E-state index contributed by atoms with van der Waals surface area (Å²) in [6, 6.07) is 9.62. The van der Waals surface area contributed by atoms with Gasteiger partial charge in [0.05, 0.1) is 0 Å². The van der Waals surface area contributed by atoms with Gasteiger partial charge in [-0.1, -0.05) is 45.2 Å². The first-order chi connectivity index (χ1) is 10.2. The van der Waals surface area contributed by atoms with E-state index < -0.39 is 0 Å². The quantitative estimate of drug-likeness (QED) is 0.682. The molecule has 0 amide bonds.